The zero-order chi connectivity index (χ0) is 93.5. The zero-order valence-corrected chi connectivity index (χ0v) is 73.6. The van der Waals surface area contributed by atoms with Crippen molar-refractivity contribution in [1.82, 2.24) is 4.98 Å². The molecule has 18 nitrogen and oxygen atoms in total. The SMILES string of the molecule is Nc1ccccc1-c1cccc2cccc(O)c12.O=C(Cl)c1ccc2ccccc2c1.O=C(Nc1ccccc1-c1cccc2cccc(O)c12)c1ccc2ccccc2c1.O=[N+]([O-])c1ccccc1-c1cccc2cccc(O)c12.O=[N+]([O-])c1ccccc1B(O)O.O=c1cccc2ccc3c(-c4ccc5ccccc5c4)[nH]c4ccccc4c3c12.Oc1cccc2cccc(Br)c12. The van der Waals surface area contributed by atoms with E-state index < -0.39 is 22.2 Å². The second-order valence-corrected chi connectivity index (χ2v) is 32.3. The summed E-state index contributed by atoms with van der Waals surface area (Å²) in [5.74, 6) is 0.777. The second-order valence-electron chi connectivity index (χ2n) is 31.1. The Labute approximate surface area is 780 Å². The van der Waals surface area contributed by atoms with Crippen LogP contribution in [0.4, 0.5) is 22.7 Å². The molecular formula is C113H80BBrClN5O13. The number of phenols is 4. The third-order valence-corrected chi connectivity index (χ3v) is 23.6. The van der Waals surface area contributed by atoms with Gasteiger partial charge in [-0.15, -0.1) is 0 Å². The predicted octanol–water partition coefficient (Wildman–Crippen LogP) is 27.0. The Morgan fingerprint density at radius 3 is 1.25 bits per heavy atom. The summed E-state index contributed by atoms with van der Waals surface area (Å²) < 4.78 is 0.929. The second kappa shape index (κ2) is 41.1. The summed E-state index contributed by atoms with van der Waals surface area (Å²) >= 11 is 8.75. The summed E-state index contributed by atoms with van der Waals surface area (Å²) in [6.07, 6.45) is 0. The number of amides is 1. The Hall–Kier alpha value is -17.1. The smallest absolute Gasteiger partial charge is 0.495 e. The maximum Gasteiger partial charge on any atom is 0.495 e. The van der Waals surface area contributed by atoms with Crippen LogP contribution in [0.1, 0.15) is 20.7 Å². The first-order chi connectivity index (χ1) is 65.1. The summed E-state index contributed by atoms with van der Waals surface area (Å²) in [6, 6.07) is 132. The number of aromatic amines is 1. The molecule has 0 aliphatic rings. The first-order valence-corrected chi connectivity index (χ1v) is 43.5. The van der Waals surface area contributed by atoms with E-state index in [9.17, 15) is 55.0 Å². The molecule has 21 aromatic carbocycles. The molecule has 1 amide bonds. The summed E-state index contributed by atoms with van der Waals surface area (Å²) in [6.45, 7) is 0. The average molecular weight is 1840 g/mol. The van der Waals surface area contributed by atoms with Gasteiger partial charge in [-0.25, -0.2) is 0 Å². The topological polar surface area (TPSA) is 313 Å². The predicted molar refractivity (Wildman–Crippen MR) is 549 cm³/mol. The lowest BCUT2D eigenvalue weighted by Gasteiger charge is -2.14. The minimum absolute atomic E-state index is 0.0308. The van der Waals surface area contributed by atoms with Crippen LogP contribution in [0.25, 0.3) is 152 Å². The molecule has 0 spiro atoms. The van der Waals surface area contributed by atoms with Crippen molar-refractivity contribution in [3.8, 4) is 67.6 Å². The molecule has 652 valence electrons. The van der Waals surface area contributed by atoms with Crippen LogP contribution < -0.4 is 21.9 Å². The molecule has 0 unspecified atom stereocenters. The number of carbonyl (C=O) groups is 2. The molecule has 0 fully saturated rings. The molecule has 22 rings (SSSR count). The van der Waals surface area contributed by atoms with Gasteiger partial charge in [0.15, 0.2) is 5.43 Å². The van der Waals surface area contributed by atoms with Crippen LogP contribution in [-0.4, -0.2) is 63.6 Å². The molecule has 1 heterocycles. The molecule has 21 heteroatoms. The van der Waals surface area contributed by atoms with Crippen molar-refractivity contribution in [2.75, 3.05) is 11.1 Å². The van der Waals surface area contributed by atoms with Gasteiger partial charge in [-0.2, -0.15) is 0 Å². The molecule has 0 saturated heterocycles. The number of phenolic OH excluding ortho intramolecular Hbond substituents is 4. The van der Waals surface area contributed by atoms with Gasteiger partial charge >= 0.3 is 7.12 Å². The fourth-order valence-corrected chi connectivity index (χ4v) is 17.2. The number of halogens is 2. The van der Waals surface area contributed by atoms with Crippen molar-refractivity contribution >= 4 is 182 Å². The van der Waals surface area contributed by atoms with Gasteiger partial charge in [0, 0.05) is 104 Å². The summed E-state index contributed by atoms with van der Waals surface area (Å²) in [5, 5.41) is 100. The van der Waals surface area contributed by atoms with Crippen molar-refractivity contribution in [3.05, 3.63) is 471 Å². The number of aromatic nitrogens is 1. The number of fused-ring (bicyclic) bond motifs is 12. The van der Waals surface area contributed by atoms with Crippen LogP contribution in [0.2, 0.25) is 0 Å². The summed E-state index contributed by atoms with van der Waals surface area (Å²) in [5.41, 5.74) is 16.3. The molecule has 0 aliphatic carbocycles. The number of nitrogens with one attached hydrogen (secondary N) is 2. The number of nitrogens with zero attached hydrogens (tertiary/aromatic N) is 2. The number of nitro groups is 2. The van der Waals surface area contributed by atoms with E-state index in [-0.39, 0.29) is 45.4 Å². The van der Waals surface area contributed by atoms with Gasteiger partial charge in [0.05, 0.1) is 26.6 Å². The third-order valence-electron chi connectivity index (χ3n) is 22.8. The quantitative estimate of drug-likeness (QED) is 0.0154. The lowest BCUT2D eigenvalue weighted by molar-refractivity contribution is -0.384. The van der Waals surface area contributed by atoms with Crippen molar-refractivity contribution in [3.63, 3.8) is 0 Å². The molecule has 0 atom stereocenters. The van der Waals surface area contributed by atoms with Crippen LogP contribution in [-0.2, 0) is 0 Å². The van der Waals surface area contributed by atoms with E-state index in [0.29, 0.717) is 44.8 Å². The average Bonchev–Trinajstić information content (AvgIpc) is 0.736. The molecule has 1 aromatic heterocycles. The first kappa shape index (κ1) is 90.2. The largest absolute Gasteiger partial charge is 0.507 e. The lowest BCUT2D eigenvalue weighted by atomic mass is 9.79. The van der Waals surface area contributed by atoms with E-state index in [1.165, 1.54) is 41.1 Å². The van der Waals surface area contributed by atoms with Crippen molar-refractivity contribution in [2.24, 2.45) is 0 Å². The highest BCUT2D eigenvalue weighted by atomic mass is 79.9. The maximum absolute atomic E-state index is 13.0. The van der Waals surface area contributed by atoms with Crippen molar-refractivity contribution in [2.45, 2.75) is 0 Å². The van der Waals surface area contributed by atoms with Gasteiger partial charge in [0.1, 0.15) is 23.0 Å². The van der Waals surface area contributed by atoms with Gasteiger partial charge in [0.25, 0.3) is 22.5 Å². The Bertz CT molecular complexity index is 8270. The number of nitrogen functional groups attached to an aromatic ring is 1. The van der Waals surface area contributed by atoms with Crippen LogP contribution in [0.3, 0.4) is 0 Å². The van der Waals surface area contributed by atoms with Crippen LogP contribution in [0.15, 0.2) is 434 Å². The van der Waals surface area contributed by atoms with E-state index >= 15 is 0 Å². The number of hydrogen-bond donors (Lipinski definition) is 9. The third kappa shape index (κ3) is 20.0. The normalized spacial score (nSPS) is 10.7. The number of nitrogens with two attached hydrogens (primary N) is 1. The number of hydrogen-bond acceptors (Lipinski definition) is 14. The number of benzene rings is 21. The minimum Gasteiger partial charge on any atom is -0.507 e. The number of anilines is 2. The van der Waals surface area contributed by atoms with Crippen LogP contribution >= 0.6 is 27.5 Å². The Balaban J connectivity index is 0.000000117. The number of nitro benzene ring substituents is 2. The lowest BCUT2D eigenvalue weighted by Crippen LogP contribution is -2.31. The van der Waals surface area contributed by atoms with Gasteiger partial charge in [-0.3, -0.25) is 34.6 Å². The van der Waals surface area contributed by atoms with E-state index in [1.54, 1.807) is 72.8 Å². The standard InChI is InChI=1S/C27H19NO2.C27H17NO.C16H11NO3.C16H13NO.C11H7ClO.C10H7BrO.C6H6BNO4/c29-25-14-6-10-19-9-5-12-23(26(19)25)22-11-3-4-13-24(22)28-27(30)21-16-15-18-7-1-2-8-20(18)17-21;29-24-11-5-8-18-14-15-22-26(25(18)24)21-9-3-4-10-23(21)28-27(22)20-13-12-17-6-1-2-7-19(17)16-20;18-15-10-4-6-11-5-3-8-13(16(11)15)12-7-1-2-9-14(12)17(19)20;17-14-9-2-1-7-12(14)13-8-3-5-11-6-4-10-15(18)16(11)13;12-11(13)10-6-5-8-3-1-2-4-9(8)7-10;11-8-5-1-3-7-4-2-6-9(12)10(7)8;9-7(10)5-3-1-2-4-6(5)8(11)12/h1-17,29H,(H,28,30);1-16,28H;1-10,18H;1-10,18H,17H2;1-7H;1-6,12H;1-4,9-10H. The van der Waals surface area contributed by atoms with Crippen LogP contribution in [0, 0.1) is 20.2 Å². The van der Waals surface area contributed by atoms with Crippen molar-refractivity contribution < 1.29 is 49.9 Å². The highest BCUT2D eigenvalue weighted by Crippen LogP contribution is 2.43. The molecule has 0 radical (unpaired) electrons. The number of carbonyl (C=O) groups excluding carboxylic acids is 2. The first-order valence-electron chi connectivity index (χ1n) is 42.3. The molecule has 0 bridgehead atoms. The molecule has 22 aromatic rings. The van der Waals surface area contributed by atoms with Crippen molar-refractivity contribution in [1.29, 1.82) is 0 Å². The fraction of sp³-hybridized carbons (Fsp3) is 0. The fourth-order valence-electron chi connectivity index (χ4n) is 16.5. The zero-order valence-electron chi connectivity index (χ0n) is 71.3. The van der Waals surface area contributed by atoms with Gasteiger partial charge < -0.3 is 46.5 Å². The number of pyridine rings is 1. The van der Waals surface area contributed by atoms with E-state index in [0.717, 1.165) is 130 Å². The molecular weight excluding hydrogens is 1760 g/mol. The molecule has 10 N–H and O–H groups in total. The molecule has 134 heavy (non-hydrogen) atoms. The minimum atomic E-state index is -1.80. The maximum atomic E-state index is 13.0. The van der Waals surface area contributed by atoms with Crippen LogP contribution in [0.5, 0.6) is 23.0 Å². The van der Waals surface area contributed by atoms with E-state index in [4.69, 9.17) is 27.4 Å². The van der Waals surface area contributed by atoms with Gasteiger partial charge in [-0.05, 0) is 179 Å². The number of H-pyrrole nitrogens is 1. The number of para-hydroxylation sites is 5. The highest BCUT2D eigenvalue weighted by molar-refractivity contribution is 9.10. The number of aromatic hydroxyl groups is 4. The highest BCUT2D eigenvalue weighted by Gasteiger charge is 2.24. The van der Waals surface area contributed by atoms with Gasteiger partial charge in [0.2, 0.25) is 0 Å². The monoisotopic (exact) mass is 1840 g/mol. The summed E-state index contributed by atoms with van der Waals surface area (Å²) in [7, 11) is -1.80. The van der Waals surface area contributed by atoms with Gasteiger partial charge in [-0.1, -0.05) is 337 Å². The van der Waals surface area contributed by atoms with E-state index in [1.807, 2.05) is 261 Å². The van der Waals surface area contributed by atoms with E-state index in [2.05, 4.69) is 86.9 Å². The number of rotatable bonds is 10. The summed E-state index contributed by atoms with van der Waals surface area (Å²) in [4.78, 5) is 60.7. The Kier molecular flexibility index (Phi) is 27.7. The molecule has 0 saturated carbocycles. The Morgan fingerprint density at radius 2 is 0.724 bits per heavy atom. The molecule has 0 aliphatic heterocycles. The Morgan fingerprint density at radius 1 is 0.343 bits per heavy atom.